The summed E-state index contributed by atoms with van der Waals surface area (Å²) in [6, 6.07) is 14.4. The molecule has 4 rings (SSSR count). The number of ether oxygens (including phenoxy) is 1. The third-order valence-electron chi connectivity index (χ3n) is 5.35. The number of carbonyl (C=O) groups is 1. The van der Waals surface area contributed by atoms with E-state index in [-0.39, 0.29) is 24.5 Å². The highest BCUT2D eigenvalue weighted by Gasteiger charge is 2.17. The summed E-state index contributed by atoms with van der Waals surface area (Å²) in [6.07, 6.45) is 6.46. The SMILES string of the molecule is C#CCC(O)COc1ccc2c(c1)ncn2-c1ccc(NC(=O)Nc2cc(C(C)(C)C)[nH]n2)cc1. The molecule has 0 radical (unpaired) electrons. The van der Waals surface area contributed by atoms with Gasteiger partial charge in [0.15, 0.2) is 5.82 Å². The van der Waals surface area contributed by atoms with E-state index in [4.69, 9.17) is 11.2 Å². The fourth-order valence-electron chi connectivity index (χ4n) is 3.43. The number of hydrogen-bond donors (Lipinski definition) is 4. The molecule has 2 amide bonds. The number of imidazole rings is 1. The molecular weight excluding hydrogens is 444 g/mol. The summed E-state index contributed by atoms with van der Waals surface area (Å²) in [7, 11) is 0. The molecule has 2 aromatic heterocycles. The van der Waals surface area contributed by atoms with Crippen LogP contribution in [0.25, 0.3) is 16.7 Å². The van der Waals surface area contributed by atoms with Gasteiger partial charge in [0, 0.05) is 41.0 Å². The largest absolute Gasteiger partial charge is 0.491 e. The van der Waals surface area contributed by atoms with Crippen LogP contribution < -0.4 is 15.4 Å². The molecule has 4 aromatic rings. The average Bonchev–Trinajstić information content (AvgIpc) is 3.45. The number of rotatable bonds is 7. The van der Waals surface area contributed by atoms with Gasteiger partial charge in [0.2, 0.25) is 0 Å². The van der Waals surface area contributed by atoms with E-state index in [9.17, 15) is 9.90 Å². The minimum Gasteiger partial charge on any atom is -0.491 e. The zero-order chi connectivity index (χ0) is 25.0. The van der Waals surface area contributed by atoms with Gasteiger partial charge in [-0.05, 0) is 36.4 Å². The third-order valence-corrected chi connectivity index (χ3v) is 5.35. The normalized spacial score (nSPS) is 12.2. The van der Waals surface area contributed by atoms with Crippen LogP contribution in [0.15, 0.2) is 54.9 Å². The first kappa shape index (κ1) is 23.9. The average molecular weight is 473 g/mol. The van der Waals surface area contributed by atoms with Gasteiger partial charge in [0.1, 0.15) is 18.7 Å². The molecule has 9 nitrogen and oxygen atoms in total. The van der Waals surface area contributed by atoms with Crippen LogP contribution in [0.3, 0.4) is 0 Å². The molecule has 1 unspecified atom stereocenters. The second-order valence-corrected chi connectivity index (χ2v) is 9.18. The van der Waals surface area contributed by atoms with E-state index in [1.54, 1.807) is 6.33 Å². The zero-order valence-electron chi connectivity index (χ0n) is 19.9. The Morgan fingerprint density at radius 3 is 2.66 bits per heavy atom. The maximum atomic E-state index is 12.4. The molecule has 2 heterocycles. The fraction of sp³-hybridized carbons (Fsp3) is 0.269. The monoisotopic (exact) mass is 472 g/mol. The molecule has 2 aromatic carbocycles. The summed E-state index contributed by atoms with van der Waals surface area (Å²) in [5.74, 6) is 3.48. The fourth-order valence-corrected chi connectivity index (χ4v) is 3.43. The highest BCUT2D eigenvalue weighted by atomic mass is 16.5. The Morgan fingerprint density at radius 1 is 1.20 bits per heavy atom. The standard InChI is InChI=1S/C26H28N6O3/c1-5-6-19(33)15-35-20-11-12-22-21(13-20)27-16-32(22)18-9-7-17(8-10-18)28-25(34)29-24-14-23(30-31-24)26(2,3)4/h1,7-14,16,19,33H,6,15H2,2-4H3,(H3,28,29,30,31,34). The van der Waals surface area contributed by atoms with Crippen LogP contribution in [0.1, 0.15) is 32.9 Å². The number of fused-ring (bicyclic) bond motifs is 1. The molecule has 0 spiro atoms. The van der Waals surface area contributed by atoms with Gasteiger partial charge in [0.05, 0.1) is 17.1 Å². The minimum atomic E-state index is -0.706. The molecule has 4 N–H and O–H groups in total. The van der Waals surface area contributed by atoms with Crippen molar-refractivity contribution in [3.63, 3.8) is 0 Å². The van der Waals surface area contributed by atoms with E-state index < -0.39 is 6.10 Å². The predicted octanol–water partition coefficient (Wildman–Crippen LogP) is 4.45. The van der Waals surface area contributed by atoms with Crippen LogP contribution in [0, 0.1) is 12.3 Å². The third kappa shape index (κ3) is 5.80. The van der Waals surface area contributed by atoms with E-state index >= 15 is 0 Å². The quantitative estimate of drug-likeness (QED) is 0.297. The first-order valence-electron chi connectivity index (χ1n) is 11.2. The number of anilines is 2. The topological polar surface area (TPSA) is 117 Å². The van der Waals surface area contributed by atoms with Crippen molar-refractivity contribution in [1.29, 1.82) is 0 Å². The number of terminal acetylenes is 1. The zero-order valence-corrected chi connectivity index (χ0v) is 19.9. The lowest BCUT2D eigenvalue weighted by Gasteiger charge is -2.14. The lowest BCUT2D eigenvalue weighted by molar-refractivity contribution is 0.112. The number of urea groups is 1. The van der Waals surface area contributed by atoms with Crippen molar-refractivity contribution in [3.8, 4) is 23.8 Å². The second-order valence-electron chi connectivity index (χ2n) is 9.18. The number of benzene rings is 2. The van der Waals surface area contributed by atoms with E-state index in [0.29, 0.717) is 17.3 Å². The van der Waals surface area contributed by atoms with Gasteiger partial charge in [0.25, 0.3) is 0 Å². The van der Waals surface area contributed by atoms with Crippen LogP contribution in [0.2, 0.25) is 0 Å². The molecule has 1 atom stereocenters. The number of H-pyrrole nitrogens is 1. The lowest BCUT2D eigenvalue weighted by atomic mass is 9.92. The number of aliphatic hydroxyl groups is 1. The molecule has 180 valence electrons. The molecule has 9 heteroatoms. The van der Waals surface area contributed by atoms with E-state index in [0.717, 1.165) is 22.4 Å². The Hall–Kier alpha value is -4.29. The molecule has 0 saturated carbocycles. The van der Waals surface area contributed by atoms with Crippen molar-refractivity contribution < 1.29 is 14.6 Å². The summed E-state index contributed by atoms with van der Waals surface area (Å²) >= 11 is 0. The summed E-state index contributed by atoms with van der Waals surface area (Å²) < 4.78 is 7.55. The Kier molecular flexibility index (Phi) is 6.75. The highest BCUT2D eigenvalue weighted by molar-refractivity contribution is 5.99. The number of aliphatic hydroxyl groups excluding tert-OH is 1. The van der Waals surface area contributed by atoms with Crippen molar-refractivity contribution in [1.82, 2.24) is 19.7 Å². The van der Waals surface area contributed by atoms with Crippen molar-refractivity contribution >= 4 is 28.6 Å². The molecule has 0 aliphatic carbocycles. The maximum Gasteiger partial charge on any atom is 0.324 e. The van der Waals surface area contributed by atoms with E-state index in [1.165, 1.54) is 0 Å². The second kappa shape index (κ2) is 9.91. The van der Waals surface area contributed by atoms with Crippen molar-refractivity contribution in [2.45, 2.75) is 38.7 Å². The lowest BCUT2D eigenvalue weighted by Crippen LogP contribution is -2.19. The Labute approximate surface area is 203 Å². The number of aromatic amines is 1. The Bertz CT molecular complexity index is 1360. The highest BCUT2D eigenvalue weighted by Crippen LogP contribution is 2.24. The van der Waals surface area contributed by atoms with Gasteiger partial charge in [-0.1, -0.05) is 20.8 Å². The van der Waals surface area contributed by atoms with Crippen LogP contribution in [-0.4, -0.2) is 43.6 Å². The minimum absolute atomic E-state index is 0.0873. The smallest absolute Gasteiger partial charge is 0.324 e. The number of amides is 2. The molecule has 0 saturated heterocycles. The number of aromatic nitrogens is 4. The maximum absolute atomic E-state index is 12.4. The van der Waals surface area contributed by atoms with Crippen LogP contribution in [0.5, 0.6) is 5.75 Å². The van der Waals surface area contributed by atoms with Crippen molar-refractivity contribution in [2.24, 2.45) is 0 Å². The van der Waals surface area contributed by atoms with Gasteiger partial charge in [-0.3, -0.25) is 15.0 Å². The van der Waals surface area contributed by atoms with Gasteiger partial charge >= 0.3 is 6.03 Å². The Balaban J connectivity index is 1.40. The summed E-state index contributed by atoms with van der Waals surface area (Å²) in [5.41, 5.74) is 4.03. The first-order chi connectivity index (χ1) is 16.7. The Morgan fingerprint density at radius 2 is 1.97 bits per heavy atom. The van der Waals surface area contributed by atoms with Crippen molar-refractivity contribution in [2.75, 3.05) is 17.2 Å². The van der Waals surface area contributed by atoms with Gasteiger partial charge in [-0.2, -0.15) is 5.10 Å². The number of carbonyl (C=O) groups excluding carboxylic acids is 1. The summed E-state index contributed by atoms with van der Waals surface area (Å²) in [4.78, 5) is 16.8. The molecule has 0 bridgehead atoms. The molecular formula is C26H28N6O3. The van der Waals surface area contributed by atoms with Crippen LogP contribution in [-0.2, 0) is 5.41 Å². The number of nitrogens with zero attached hydrogens (tertiary/aromatic N) is 3. The molecule has 0 aliphatic heterocycles. The molecule has 35 heavy (non-hydrogen) atoms. The molecule has 0 fully saturated rings. The number of nitrogens with one attached hydrogen (secondary N) is 3. The van der Waals surface area contributed by atoms with Crippen LogP contribution >= 0.6 is 0 Å². The molecule has 0 aliphatic rings. The first-order valence-corrected chi connectivity index (χ1v) is 11.2. The van der Waals surface area contributed by atoms with E-state index in [1.807, 2.05) is 53.1 Å². The van der Waals surface area contributed by atoms with Crippen molar-refractivity contribution in [3.05, 3.63) is 60.6 Å². The van der Waals surface area contributed by atoms with Crippen LogP contribution in [0.4, 0.5) is 16.3 Å². The predicted molar refractivity (Wildman–Crippen MR) is 136 cm³/mol. The van der Waals surface area contributed by atoms with E-state index in [2.05, 4.69) is 52.5 Å². The summed E-state index contributed by atoms with van der Waals surface area (Å²) in [5, 5.41) is 22.4. The summed E-state index contributed by atoms with van der Waals surface area (Å²) in [6.45, 7) is 6.32. The van der Waals surface area contributed by atoms with Gasteiger partial charge < -0.3 is 15.2 Å². The van der Waals surface area contributed by atoms with Gasteiger partial charge in [-0.15, -0.1) is 12.3 Å². The van der Waals surface area contributed by atoms with Gasteiger partial charge in [-0.25, -0.2) is 9.78 Å². The number of hydrogen-bond acceptors (Lipinski definition) is 5.